The van der Waals surface area contributed by atoms with Gasteiger partial charge in [0.1, 0.15) is 0 Å². The van der Waals surface area contributed by atoms with E-state index in [0.29, 0.717) is 0 Å². The molecule has 0 radical (unpaired) electrons. The van der Waals surface area contributed by atoms with Crippen LogP contribution in [0.4, 0.5) is 0 Å². The number of allylic oxidation sites excluding steroid dienone is 4. The molecule has 0 amide bonds. The monoisotopic (exact) mass is 246 g/mol. The third-order valence-electron chi connectivity index (χ3n) is 2.79. The highest BCUT2D eigenvalue weighted by molar-refractivity contribution is 5.53. The first-order valence-corrected chi connectivity index (χ1v) is 6.48. The van der Waals surface area contributed by atoms with Gasteiger partial charge in [0.25, 0.3) is 0 Å². The van der Waals surface area contributed by atoms with Crippen LogP contribution in [-0.4, -0.2) is 0 Å². The molecule has 0 aliphatic heterocycles. The van der Waals surface area contributed by atoms with E-state index in [1.807, 2.05) is 30.4 Å². The van der Waals surface area contributed by atoms with Crippen LogP contribution in [0.1, 0.15) is 16.7 Å². The SMILES string of the molecule is Cc1ccc(/C=C/C=C/C=C/c2ccccc2)cc1. The minimum absolute atomic E-state index is 1.22. The van der Waals surface area contributed by atoms with Crippen molar-refractivity contribution in [3.8, 4) is 0 Å². The predicted octanol–water partition coefficient (Wildman–Crippen LogP) is 5.28. The Bertz CT molecular complexity index is 569. The molecule has 2 rings (SSSR count). The lowest BCUT2D eigenvalue weighted by atomic mass is 10.1. The lowest BCUT2D eigenvalue weighted by molar-refractivity contribution is 1.46. The maximum atomic E-state index is 2.12. The Morgan fingerprint density at radius 2 is 1.11 bits per heavy atom. The molecule has 0 heteroatoms. The summed E-state index contributed by atoms with van der Waals surface area (Å²) < 4.78 is 0. The molecular formula is C19H18. The molecule has 0 fully saturated rings. The van der Waals surface area contributed by atoms with Crippen LogP contribution in [0.5, 0.6) is 0 Å². The Kier molecular flexibility index (Phi) is 4.95. The van der Waals surface area contributed by atoms with Crippen molar-refractivity contribution < 1.29 is 0 Å². The van der Waals surface area contributed by atoms with E-state index in [0.717, 1.165) is 0 Å². The van der Waals surface area contributed by atoms with E-state index in [1.165, 1.54) is 16.7 Å². The number of hydrogen-bond acceptors (Lipinski definition) is 0. The second-order valence-corrected chi connectivity index (χ2v) is 4.42. The van der Waals surface area contributed by atoms with Gasteiger partial charge in [-0.25, -0.2) is 0 Å². The van der Waals surface area contributed by atoms with Crippen LogP contribution in [0.3, 0.4) is 0 Å². The summed E-state index contributed by atoms with van der Waals surface area (Å²) in [7, 11) is 0. The molecule has 2 aromatic carbocycles. The summed E-state index contributed by atoms with van der Waals surface area (Å²) in [6.07, 6.45) is 12.4. The first-order valence-electron chi connectivity index (χ1n) is 6.48. The van der Waals surface area contributed by atoms with Gasteiger partial charge in [0.05, 0.1) is 0 Å². The van der Waals surface area contributed by atoms with Crippen LogP contribution < -0.4 is 0 Å². The molecule has 0 aliphatic rings. The van der Waals surface area contributed by atoms with Crippen molar-refractivity contribution in [1.82, 2.24) is 0 Å². The molecule has 0 spiro atoms. The average molecular weight is 246 g/mol. The molecular weight excluding hydrogens is 228 g/mol. The maximum absolute atomic E-state index is 2.12. The van der Waals surface area contributed by atoms with Gasteiger partial charge in [-0.15, -0.1) is 0 Å². The van der Waals surface area contributed by atoms with Gasteiger partial charge in [0.2, 0.25) is 0 Å². The normalized spacial score (nSPS) is 11.8. The molecule has 0 N–H and O–H groups in total. The molecule has 0 nitrogen and oxygen atoms in total. The number of rotatable bonds is 4. The van der Waals surface area contributed by atoms with Gasteiger partial charge in [-0.2, -0.15) is 0 Å². The Balaban J connectivity index is 1.87. The van der Waals surface area contributed by atoms with Gasteiger partial charge in [-0.1, -0.05) is 96.6 Å². The molecule has 0 saturated heterocycles. The largest absolute Gasteiger partial charge is 0.0622 e. The van der Waals surface area contributed by atoms with Crippen molar-refractivity contribution in [1.29, 1.82) is 0 Å². The van der Waals surface area contributed by atoms with Gasteiger partial charge in [0, 0.05) is 0 Å². The Morgan fingerprint density at radius 3 is 1.68 bits per heavy atom. The fraction of sp³-hybridized carbons (Fsp3) is 0.0526. The van der Waals surface area contributed by atoms with Gasteiger partial charge in [0.15, 0.2) is 0 Å². The first kappa shape index (κ1) is 13.1. The number of hydrogen-bond donors (Lipinski definition) is 0. The van der Waals surface area contributed by atoms with Gasteiger partial charge < -0.3 is 0 Å². The first-order chi connectivity index (χ1) is 9.34. The molecule has 0 unspecified atom stereocenters. The molecule has 0 bridgehead atoms. The van der Waals surface area contributed by atoms with Gasteiger partial charge in [-0.3, -0.25) is 0 Å². The zero-order valence-corrected chi connectivity index (χ0v) is 11.2. The summed E-state index contributed by atoms with van der Waals surface area (Å²) in [4.78, 5) is 0. The second-order valence-electron chi connectivity index (χ2n) is 4.42. The minimum Gasteiger partial charge on any atom is -0.0622 e. The zero-order chi connectivity index (χ0) is 13.3. The highest BCUT2D eigenvalue weighted by atomic mass is 13.9. The van der Waals surface area contributed by atoms with Crippen molar-refractivity contribution in [2.24, 2.45) is 0 Å². The van der Waals surface area contributed by atoms with Crippen molar-refractivity contribution in [3.63, 3.8) is 0 Å². The van der Waals surface area contributed by atoms with Crippen molar-refractivity contribution in [2.45, 2.75) is 6.92 Å². The molecule has 2 aromatic rings. The van der Waals surface area contributed by atoms with Gasteiger partial charge in [-0.05, 0) is 18.1 Å². The third-order valence-corrected chi connectivity index (χ3v) is 2.79. The highest BCUT2D eigenvalue weighted by Gasteiger charge is 1.84. The van der Waals surface area contributed by atoms with Crippen LogP contribution in [0.25, 0.3) is 12.2 Å². The van der Waals surface area contributed by atoms with E-state index < -0.39 is 0 Å². The quantitative estimate of drug-likeness (QED) is 0.644. The Morgan fingerprint density at radius 1 is 0.579 bits per heavy atom. The molecule has 0 atom stereocenters. The second kappa shape index (κ2) is 7.17. The predicted molar refractivity (Wildman–Crippen MR) is 84.8 cm³/mol. The summed E-state index contributed by atoms with van der Waals surface area (Å²) in [6.45, 7) is 2.10. The molecule has 94 valence electrons. The van der Waals surface area contributed by atoms with E-state index in [1.54, 1.807) is 0 Å². The standard InChI is InChI=1S/C19H18/c1-17-13-15-19(16-14-17)12-6-3-2-5-9-18-10-7-4-8-11-18/h2-16H,1H3/b3-2+,9-5+,12-6+. The lowest BCUT2D eigenvalue weighted by Gasteiger charge is -1.92. The number of benzene rings is 2. The molecule has 0 heterocycles. The highest BCUT2D eigenvalue weighted by Crippen LogP contribution is 2.05. The topological polar surface area (TPSA) is 0 Å². The molecule has 0 aromatic heterocycles. The van der Waals surface area contributed by atoms with Crippen molar-refractivity contribution in [3.05, 3.63) is 95.6 Å². The van der Waals surface area contributed by atoms with Crippen LogP contribution >= 0.6 is 0 Å². The van der Waals surface area contributed by atoms with Crippen LogP contribution in [-0.2, 0) is 0 Å². The van der Waals surface area contributed by atoms with E-state index >= 15 is 0 Å². The van der Waals surface area contributed by atoms with Crippen LogP contribution in [0.15, 0.2) is 78.9 Å². The Hall–Kier alpha value is -2.34. The number of aryl methyl sites for hydroxylation is 1. The smallest absolute Gasteiger partial charge is 0.0256 e. The fourth-order valence-corrected chi connectivity index (χ4v) is 1.70. The van der Waals surface area contributed by atoms with E-state index in [9.17, 15) is 0 Å². The summed E-state index contributed by atoms with van der Waals surface area (Å²) in [5.41, 5.74) is 3.73. The van der Waals surface area contributed by atoms with Crippen LogP contribution in [0, 0.1) is 6.92 Å². The minimum atomic E-state index is 1.22. The fourth-order valence-electron chi connectivity index (χ4n) is 1.70. The summed E-state index contributed by atoms with van der Waals surface area (Å²) in [5, 5.41) is 0. The van der Waals surface area contributed by atoms with Crippen LogP contribution in [0.2, 0.25) is 0 Å². The van der Waals surface area contributed by atoms with E-state index in [2.05, 4.69) is 67.6 Å². The van der Waals surface area contributed by atoms with Crippen molar-refractivity contribution in [2.75, 3.05) is 0 Å². The molecule has 0 saturated carbocycles. The van der Waals surface area contributed by atoms with E-state index in [4.69, 9.17) is 0 Å². The van der Waals surface area contributed by atoms with Crippen molar-refractivity contribution >= 4 is 12.2 Å². The maximum Gasteiger partial charge on any atom is -0.0256 e. The lowest BCUT2D eigenvalue weighted by Crippen LogP contribution is -1.72. The zero-order valence-electron chi connectivity index (χ0n) is 11.2. The summed E-state index contributed by atoms with van der Waals surface area (Å²) >= 11 is 0. The van der Waals surface area contributed by atoms with E-state index in [-0.39, 0.29) is 0 Å². The summed E-state index contributed by atoms with van der Waals surface area (Å²) in [6, 6.07) is 18.8. The Labute approximate surface area is 115 Å². The average Bonchev–Trinajstić information content (AvgIpc) is 2.46. The third kappa shape index (κ3) is 4.81. The molecule has 0 aliphatic carbocycles. The summed E-state index contributed by atoms with van der Waals surface area (Å²) in [5.74, 6) is 0. The molecule has 19 heavy (non-hydrogen) atoms. The van der Waals surface area contributed by atoms with Gasteiger partial charge >= 0.3 is 0 Å².